The van der Waals surface area contributed by atoms with Crippen molar-refractivity contribution in [3.8, 4) is 0 Å². The fraction of sp³-hybridized carbons (Fsp3) is 1.00. The minimum absolute atomic E-state index is 0.187. The van der Waals surface area contributed by atoms with E-state index >= 15 is 0 Å². The van der Waals surface area contributed by atoms with Crippen LogP contribution in [0, 0.1) is 0 Å². The molecule has 0 amide bonds. The van der Waals surface area contributed by atoms with Crippen molar-refractivity contribution < 1.29 is 4.74 Å². The van der Waals surface area contributed by atoms with Crippen LogP contribution in [0.25, 0.3) is 0 Å². The van der Waals surface area contributed by atoms with E-state index in [0.29, 0.717) is 6.04 Å². The number of ether oxygens (including phenoxy) is 1. The molecule has 0 bridgehead atoms. The van der Waals surface area contributed by atoms with Crippen molar-refractivity contribution in [2.75, 3.05) is 19.4 Å². The molecular formula is C11H21NOS. The van der Waals surface area contributed by atoms with Gasteiger partial charge in [-0.1, -0.05) is 6.92 Å². The molecule has 2 rings (SSSR count). The number of hydrogen-bond donors (Lipinski definition) is 1. The smallest absolute Gasteiger partial charge is 0.0802 e. The highest BCUT2D eigenvalue weighted by Gasteiger charge is 2.38. The summed E-state index contributed by atoms with van der Waals surface area (Å²) in [6, 6.07) is 0.715. The van der Waals surface area contributed by atoms with E-state index in [0.717, 1.165) is 11.8 Å². The maximum atomic E-state index is 5.60. The number of nitrogens with one attached hydrogen (secondary N) is 1. The first-order chi connectivity index (χ1) is 6.76. The van der Waals surface area contributed by atoms with Gasteiger partial charge in [-0.15, -0.1) is 0 Å². The van der Waals surface area contributed by atoms with E-state index in [4.69, 9.17) is 4.74 Å². The van der Waals surface area contributed by atoms with E-state index in [-0.39, 0.29) is 5.60 Å². The number of thioether (sulfide) groups is 1. The van der Waals surface area contributed by atoms with E-state index in [1.807, 2.05) is 7.11 Å². The Morgan fingerprint density at radius 3 is 2.71 bits per heavy atom. The molecule has 0 aromatic carbocycles. The molecule has 1 aliphatic heterocycles. The third kappa shape index (κ3) is 2.10. The van der Waals surface area contributed by atoms with Crippen molar-refractivity contribution in [1.29, 1.82) is 0 Å². The quantitative estimate of drug-likeness (QED) is 0.775. The average molecular weight is 215 g/mol. The lowest BCUT2D eigenvalue weighted by Crippen LogP contribution is -2.51. The van der Waals surface area contributed by atoms with Crippen molar-refractivity contribution in [3.63, 3.8) is 0 Å². The van der Waals surface area contributed by atoms with Gasteiger partial charge in [0.15, 0.2) is 0 Å². The average Bonchev–Trinajstić information content (AvgIpc) is 2.51. The minimum Gasteiger partial charge on any atom is -0.377 e. The van der Waals surface area contributed by atoms with E-state index in [1.165, 1.54) is 31.4 Å². The first kappa shape index (κ1) is 10.8. The van der Waals surface area contributed by atoms with E-state index in [1.54, 1.807) is 0 Å². The summed E-state index contributed by atoms with van der Waals surface area (Å²) in [6.45, 7) is 3.38. The number of rotatable bonds is 4. The van der Waals surface area contributed by atoms with Crippen molar-refractivity contribution >= 4 is 11.8 Å². The highest BCUT2D eigenvalue weighted by Crippen LogP contribution is 2.35. The van der Waals surface area contributed by atoms with Crippen molar-refractivity contribution in [1.82, 2.24) is 5.32 Å². The molecule has 2 unspecified atom stereocenters. The number of methoxy groups -OCH3 is 1. The van der Waals surface area contributed by atoms with Crippen LogP contribution >= 0.6 is 11.8 Å². The highest BCUT2D eigenvalue weighted by atomic mass is 32.2. The molecule has 1 saturated carbocycles. The predicted molar refractivity (Wildman–Crippen MR) is 61.9 cm³/mol. The van der Waals surface area contributed by atoms with Gasteiger partial charge in [0.1, 0.15) is 0 Å². The Morgan fingerprint density at radius 1 is 1.50 bits per heavy atom. The van der Waals surface area contributed by atoms with Crippen molar-refractivity contribution in [2.24, 2.45) is 0 Å². The standard InChI is InChI=1S/C11H21NOS/c1-9-10(4-7-14-9)12-8-11(13-2)5-3-6-11/h9-10,12H,3-8H2,1-2H3. The van der Waals surface area contributed by atoms with Gasteiger partial charge in [-0.05, 0) is 31.4 Å². The fourth-order valence-corrected chi connectivity index (χ4v) is 3.57. The molecular weight excluding hydrogens is 194 g/mol. The fourth-order valence-electron chi connectivity index (χ4n) is 2.34. The summed E-state index contributed by atoms with van der Waals surface area (Å²) in [5, 5.41) is 4.46. The Morgan fingerprint density at radius 2 is 2.29 bits per heavy atom. The molecule has 82 valence electrons. The summed E-state index contributed by atoms with van der Waals surface area (Å²) in [7, 11) is 1.85. The molecule has 2 aliphatic rings. The van der Waals surface area contributed by atoms with Crippen molar-refractivity contribution in [2.45, 2.75) is 49.5 Å². The summed E-state index contributed by atoms with van der Waals surface area (Å²) >= 11 is 2.09. The topological polar surface area (TPSA) is 21.3 Å². The molecule has 1 heterocycles. The second-order valence-electron chi connectivity index (χ2n) is 4.59. The lowest BCUT2D eigenvalue weighted by molar-refractivity contribution is -0.0707. The van der Waals surface area contributed by atoms with Crippen LogP contribution in [0.1, 0.15) is 32.6 Å². The molecule has 14 heavy (non-hydrogen) atoms. The third-order valence-corrected chi connectivity index (χ3v) is 5.09. The zero-order valence-electron chi connectivity index (χ0n) is 9.21. The molecule has 1 N–H and O–H groups in total. The molecule has 0 aromatic rings. The molecule has 2 atom stereocenters. The van der Waals surface area contributed by atoms with Gasteiger partial charge in [0.05, 0.1) is 5.60 Å². The van der Waals surface area contributed by atoms with Gasteiger partial charge < -0.3 is 10.1 Å². The van der Waals surface area contributed by atoms with Crippen LogP contribution in [-0.2, 0) is 4.74 Å². The number of hydrogen-bond acceptors (Lipinski definition) is 3. The highest BCUT2D eigenvalue weighted by molar-refractivity contribution is 8.00. The van der Waals surface area contributed by atoms with Crippen LogP contribution in [0.2, 0.25) is 0 Å². The summed E-state index contributed by atoms with van der Waals surface area (Å²) < 4.78 is 5.60. The zero-order chi connectivity index (χ0) is 10.0. The Bertz CT molecular complexity index is 188. The molecule has 1 aliphatic carbocycles. The Kier molecular flexibility index (Phi) is 3.40. The van der Waals surface area contributed by atoms with Gasteiger partial charge in [-0.2, -0.15) is 11.8 Å². The lowest BCUT2D eigenvalue weighted by Gasteiger charge is -2.41. The second kappa shape index (κ2) is 4.42. The Labute approximate surface area is 91.2 Å². The lowest BCUT2D eigenvalue weighted by atomic mass is 9.80. The van der Waals surface area contributed by atoms with Gasteiger partial charge in [-0.25, -0.2) is 0 Å². The first-order valence-electron chi connectivity index (χ1n) is 5.66. The third-order valence-electron chi connectivity index (χ3n) is 3.76. The van der Waals surface area contributed by atoms with Gasteiger partial charge >= 0.3 is 0 Å². The molecule has 3 heteroatoms. The zero-order valence-corrected chi connectivity index (χ0v) is 10.0. The minimum atomic E-state index is 0.187. The van der Waals surface area contributed by atoms with Crippen LogP contribution in [0.3, 0.4) is 0 Å². The van der Waals surface area contributed by atoms with Crippen LogP contribution in [-0.4, -0.2) is 36.3 Å². The van der Waals surface area contributed by atoms with Gasteiger partial charge in [0.25, 0.3) is 0 Å². The molecule has 2 fully saturated rings. The van der Waals surface area contributed by atoms with Crippen LogP contribution in [0.5, 0.6) is 0 Å². The molecule has 0 spiro atoms. The van der Waals surface area contributed by atoms with E-state index < -0.39 is 0 Å². The maximum Gasteiger partial charge on any atom is 0.0802 e. The van der Waals surface area contributed by atoms with Crippen LogP contribution < -0.4 is 5.32 Å². The van der Waals surface area contributed by atoms with Gasteiger partial charge in [0, 0.05) is 24.9 Å². The SMILES string of the molecule is COC1(CNC2CCSC2C)CCC1. The summed E-state index contributed by atoms with van der Waals surface area (Å²) in [5.74, 6) is 1.32. The van der Waals surface area contributed by atoms with Crippen LogP contribution in [0.4, 0.5) is 0 Å². The summed E-state index contributed by atoms with van der Waals surface area (Å²) in [4.78, 5) is 0. The normalized spacial score (nSPS) is 35.6. The summed E-state index contributed by atoms with van der Waals surface area (Å²) in [5.41, 5.74) is 0.187. The first-order valence-corrected chi connectivity index (χ1v) is 6.71. The Hall–Kier alpha value is 0.270. The predicted octanol–water partition coefficient (Wildman–Crippen LogP) is 2.04. The van der Waals surface area contributed by atoms with Crippen LogP contribution in [0.15, 0.2) is 0 Å². The van der Waals surface area contributed by atoms with E-state index in [9.17, 15) is 0 Å². The van der Waals surface area contributed by atoms with Crippen molar-refractivity contribution in [3.05, 3.63) is 0 Å². The largest absolute Gasteiger partial charge is 0.377 e. The molecule has 2 nitrogen and oxygen atoms in total. The maximum absolute atomic E-state index is 5.60. The summed E-state index contributed by atoms with van der Waals surface area (Å²) in [6.07, 6.45) is 5.14. The van der Waals surface area contributed by atoms with E-state index in [2.05, 4.69) is 24.0 Å². The second-order valence-corrected chi connectivity index (χ2v) is 6.08. The molecule has 0 aromatic heterocycles. The molecule has 1 saturated heterocycles. The Balaban J connectivity index is 1.75. The molecule has 0 radical (unpaired) electrons. The monoisotopic (exact) mass is 215 g/mol. The van der Waals surface area contributed by atoms with Gasteiger partial charge in [-0.3, -0.25) is 0 Å². The van der Waals surface area contributed by atoms with Gasteiger partial charge in [0.2, 0.25) is 0 Å².